The number of halogens is 2. The Balaban J connectivity index is 1.74. The lowest BCUT2D eigenvalue weighted by Crippen LogP contribution is -2.54. The third-order valence-electron chi connectivity index (χ3n) is 5.05. The lowest BCUT2D eigenvalue weighted by atomic mass is 9.64. The van der Waals surface area contributed by atoms with Crippen LogP contribution in [0.25, 0.3) is 0 Å². The van der Waals surface area contributed by atoms with Crippen LogP contribution in [0.15, 0.2) is 18.2 Å². The van der Waals surface area contributed by atoms with Crippen molar-refractivity contribution >= 4 is 41.1 Å². The zero-order chi connectivity index (χ0) is 20.0. The average Bonchev–Trinajstić information content (AvgIpc) is 2.73. The van der Waals surface area contributed by atoms with Gasteiger partial charge in [-0.05, 0) is 42.7 Å². The Bertz CT molecular complexity index is 811. The van der Waals surface area contributed by atoms with E-state index in [0.29, 0.717) is 12.8 Å². The number of benzene rings is 1. The summed E-state index contributed by atoms with van der Waals surface area (Å²) in [6.07, 6.45) is 2.08. The van der Waals surface area contributed by atoms with Crippen LogP contribution in [0, 0.1) is 11.3 Å². The van der Waals surface area contributed by atoms with Gasteiger partial charge in [0, 0.05) is 0 Å². The topological polar surface area (TPSA) is 75.7 Å². The van der Waals surface area contributed by atoms with Crippen molar-refractivity contribution < 1.29 is 19.1 Å². The smallest absolute Gasteiger partial charge is 0.331 e. The zero-order valence-electron chi connectivity index (χ0n) is 15.5. The van der Waals surface area contributed by atoms with Gasteiger partial charge in [0.25, 0.3) is 5.91 Å². The predicted octanol–water partition coefficient (Wildman–Crippen LogP) is 4.04. The lowest BCUT2D eigenvalue weighted by Gasteiger charge is -2.43. The molecular weight excluding hydrogens is 391 g/mol. The van der Waals surface area contributed by atoms with Crippen LogP contribution in [0.3, 0.4) is 0 Å². The van der Waals surface area contributed by atoms with Crippen molar-refractivity contribution in [2.24, 2.45) is 11.3 Å². The monoisotopic (exact) mass is 412 g/mol. The Morgan fingerprint density at radius 2 is 2.00 bits per heavy atom. The van der Waals surface area contributed by atoms with Gasteiger partial charge in [0.1, 0.15) is 17.1 Å². The second-order valence-electron chi connectivity index (χ2n) is 8.28. The van der Waals surface area contributed by atoms with E-state index in [0.717, 1.165) is 11.3 Å². The van der Waals surface area contributed by atoms with Gasteiger partial charge >= 0.3 is 12.0 Å². The van der Waals surface area contributed by atoms with Crippen LogP contribution in [0.2, 0.25) is 10.0 Å². The van der Waals surface area contributed by atoms with E-state index in [-0.39, 0.29) is 33.0 Å². The SMILES string of the molecule is C[C@@H]1CC(C)(C)C[C@]2(C1)NC(=O)N(CC(=O)Oc1cccc(Cl)c1Cl)C2=O. The summed E-state index contributed by atoms with van der Waals surface area (Å²) in [5.41, 5.74) is -1.03. The van der Waals surface area contributed by atoms with Crippen LogP contribution in [0.5, 0.6) is 5.75 Å². The molecule has 2 atom stereocenters. The summed E-state index contributed by atoms with van der Waals surface area (Å²) in [5.74, 6) is -0.761. The maximum atomic E-state index is 13.0. The van der Waals surface area contributed by atoms with E-state index in [2.05, 4.69) is 26.1 Å². The quantitative estimate of drug-likeness (QED) is 0.461. The van der Waals surface area contributed by atoms with Crippen molar-refractivity contribution in [2.45, 2.75) is 45.6 Å². The fraction of sp³-hybridized carbons (Fsp3) is 0.526. The number of carbonyl (C=O) groups is 3. The van der Waals surface area contributed by atoms with Crippen LogP contribution in [0.1, 0.15) is 40.0 Å². The molecule has 2 fully saturated rings. The van der Waals surface area contributed by atoms with Crippen LogP contribution >= 0.6 is 23.2 Å². The van der Waals surface area contributed by atoms with E-state index < -0.39 is 24.1 Å². The molecule has 1 aliphatic carbocycles. The minimum atomic E-state index is -0.952. The molecule has 1 saturated carbocycles. The first-order valence-electron chi connectivity index (χ1n) is 8.82. The van der Waals surface area contributed by atoms with E-state index in [1.165, 1.54) is 6.07 Å². The predicted molar refractivity (Wildman–Crippen MR) is 102 cm³/mol. The molecule has 1 aromatic rings. The highest BCUT2D eigenvalue weighted by atomic mass is 35.5. The van der Waals surface area contributed by atoms with Crippen molar-refractivity contribution in [2.75, 3.05) is 6.54 Å². The minimum absolute atomic E-state index is 0.0779. The Morgan fingerprint density at radius 3 is 2.67 bits per heavy atom. The summed E-state index contributed by atoms with van der Waals surface area (Å²) in [4.78, 5) is 38.7. The number of nitrogens with zero attached hydrogens (tertiary/aromatic N) is 1. The van der Waals surface area contributed by atoms with Gasteiger partial charge in [-0.1, -0.05) is 50.0 Å². The number of carbonyl (C=O) groups excluding carboxylic acids is 3. The molecule has 3 amide bonds. The van der Waals surface area contributed by atoms with E-state index in [1.807, 2.05) is 0 Å². The maximum Gasteiger partial charge on any atom is 0.331 e. The van der Waals surface area contributed by atoms with Gasteiger partial charge in [-0.3, -0.25) is 9.69 Å². The number of urea groups is 1. The van der Waals surface area contributed by atoms with Crippen LogP contribution in [0.4, 0.5) is 4.79 Å². The molecule has 0 aromatic heterocycles. The number of esters is 1. The molecule has 8 heteroatoms. The number of hydrogen-bond donors (Lipinski definition) is 1. The van der Waals surface area contributed by atoms with Crippen molar-refractivity contribution in [1.29, 1.82) is 0 Å². The van der Waals surface area contributed by atoms with Crippen molar-refractivity contribution in [3.63, 3.8) is 0 Å². The number of hydrogen-bond acceptors (Lipinski definition) is 4. The Hall–Kier alpha value is -1.79. The second-order valence-corrected chi connectivity index (χ2v) is 9.07. The molecule has 1 aliphatic heterocycles. The molecule has 27 heavy (non-hydrogen) atoms. The van der Waals surface area contributed by atoms with Gasteiger partial charge in [0.15, 0.2) is 5.75 Å². The van der Waals surface area contributed by atoms with E-state index in [4.69, 9.17) is 27.9 Å². The fourth-order valence-electron chi connectivity index (χ4n) is 4.50. The highest BCUT2D eigenvalue weighted by molar-refractivity contribution is 6.43. The highest BCUT2D eigenvalue weighted by Gasteiger charge is 2.56. The van der Waals surface area contributed by atoms with Crippen LogP contribution < -0.4 is 10.1 Å². The van der Waals surface area contributed by atoms with Crippen molar-refractivity contribution in [3.8, 4) is 5.75 Å². The largest absolute Gasteiger partial charge is 0.424 e. The Morgan fingerprint density at radius 1 is 1.30 bits per heavy atom. The van der Waals surface area contributed by atoms with E-state index in [1.54, 1.807) is 12.1 Å². The zero-order valence-corrected chi connectivity index (χ0v) is 17.0. The van der Waals surface area contributed by atoms with Crippen LogP contribution in [-0.4, -0.2) is 34.9 Å². The van der Waals surface area contributed by atoms with Crippen LogP contribution in [-0.2, 0) is 9.59 Å². The summed E-state index contributed by atoms with van der Waals surface area (Å²) >= 11 is 11.9. The summed E-state index contributed by atoms with van der Waals surface area (Å²) < 4.78 is 5.19. The number of amides is 3. The molecule has 1 heterocycles. The molecule has 2 aliphatic rings. The highest BCUT2D eigenvalue weighted by Crippen LogP contribution is 2.46. The number of nitrogens with one attached hydrogen (secondary N) is 1. The number of rotatable bonds is 3. The molecule has 1 aromatic carbocycles. The molecule has 0 radical (unpaired) electrons. The first kappa shape index (κ1) is 20.0. The molecule has 0 unspecified atom stereocenters. The maximum absolute atomic E-state index is 13.0. The van der Waals surface area contributed by atoms with Gasteiger partial charge in [0.05, 0.1) is 5.02 Å². The molecule has 146 valence electrons. The van der Waals surface area contributed by atoms with Gasteiger partial charge in [-0.15, -0.1) is 0 Å². The van der Waals surface area contributed by atoms with E-state index >= 15 is 0 Å². The van der Waals surface area contributed by atoms with Gasteiger partial charge in [0.2, 0.25) is 0 Å². The number of imide groups is 1. The van der Waals surface area contributed by atoms with Gasteiger partial charge in [-0.2, -0.15) is 0 Å². The summed E-state index contributed by atoms with van der Waals surface area (Å²) in [6, 6.07) is 4.07. The molecule has 1 N–H and O–H groups in total. The fourth-order valence-corrected chi connectivity index (χ4v) is 4.83. The summed E-state index contributed by atoms with van der Waals surface area (Å²) in [7, 11) is 0. The lowest BCUT2D eigenvalue weighted by molar-refractivity contribution is -0.142. The second kappa shape index (κ2) is 6.99. The average molecular weight is 413 g/mol. The third kappa shape index (κ3) is 3.92. The molecular formula is C19H22Cl2N2O4. The summed E-state index contributed by atoms with van der Waals surface area (Å²) in [5, 5.41) is 3.17. The Labute approximate surface area is 168 Å². The normalized spacial score (nSPS) is 27.0. The van der Waals surface area contributed by atoms with Gasteiger partial charge < -0.3 is 10.1 Å². The first-order valence-corrected chi connectivity index (χ1v) is 9.57. The molecule has 3 rings (SSSR count). The minimum Gasteiger partial charge on any atom is -0.424 e. The molecule has 1 saturated heterocycles. The Kier molecular flexibility index (Phi) is 5.16. The summed E-state index contributed by atoms with van der Waals surface area (Å²) in [6.45, 7) is 5.76. The molecule has 1 spiro atoms. The molecule has 0 bridgehead atoms. The van der Waals surface area contributed by atoms with Crippen molar-refractivity contribution in [3.05, 3.63) is 28.2 Å². The third-order valence-corrected chi connectivity index (χ3v) is 5.85. The number of ether oxygens (including phenoxy) is 1. The van der Waals surface area contributed by atoms with Crippen molar-refractivity contribution in [1.82, 2.24) is 10.2 Å². The van der Waals surface area contributed by atoms with E-state index in [9.17, 15) is 14.4 Å². The van der Waals surface area contributed by atoms with Gasteiger partial charge in [-0.25, -0.2) is 9.59 Å². The standard InChI is InChI=1S/C19H22Cl2N2O4/c1-11-7-18(2,3)10-19(8-11)16(25)23(17(26)22-19)9-14(24)27-13-6-4-5-12(20)15(13)21/h4-6,11H,7-10H2,1-3H3,(H,22,26)/t11-,19+/m1/s1. The molecule has 6 nitrogen and oxygen atoms in total. The first-order chi connectivity index (χ1) is 12.5.